The summed E-state index contributed by atoms with van der Waals surface area (Å²) in [6.45, 7) is 3.24. The van der Waals surface area contributed by atoms with Crippen molar-refractivity contribution in [1.82, 2.24) is 14.5 Å². The predicted molar refractivity (Wildman–Crippen MR) is 144 cm³/mol. The van der Waals surface area contributed by atoms with Gasteiger partial charge in [0.2, 0.25) is 0 Å². The lowest BCUT2D eigenvalue weighted by Gasteiger charge is -2.17. The minimum Gasteiger partial charge on any atom is -0.495 e. The van der Waals surface area contributed by atoms with Gasteiger partial charge in [-0.05, 0) is 67.4 Å². The summed E-state index contributed by atoms with van der Waals surface area (Å²) < 4.78 is 64.7. The molecule has 0 saturated heterocycles. The lowest BCUT2D eigenvalue weighted by Crippen LogP contribution is -2.19. The van der Waals surface area contributed by atoms with Crippen molar-refractivity contribution in [2.75, 3.05) is 11.8 Å². The first-order valence-electron chi connectivity index (χ1n) is 11.7. The number of nitrogens with one attached hydrogen (secondary N) is 1. The molecule has 8 nitrogen and oxygen atoms in total. The molecule has 0 bridgehead atoms. The van der Waals surface area contributed by atoms with Crippen LogP contribution in [0.3, 0.4) is 0 Å². The Labute approximate surface area is 222 Å². The molecule has 0 atom stereocenters. The second-order valence-corrected chi connectivity index (χ2v) is 10.5. The van der Waals surface area contributed by atoms with Crippen LogP contribution in [0.4, 0.5) is 14.6 Å². The number of benzene rings is 3. The molecule has 0 spiro atoms. The molecule has 0 aliphatic carbocycles. The van der Waals surface area contributed by atoms with Crippen LogP contribution in [0.5, 0.6) is 5.75 Å². The minimum absolute atomic E-state index is 0.0636. The van der Waals surface area contributed by atoms with Crippen LogP contribution in [0.15, 0.2) is 82.6 Å². The largest absolute Gasteiger partial charge is 0.495 e. The first-order chi connectivity index (χ1) is 18.6. The fourth-order valence-corrected chi connectivity index (χ4v) is 5.25. The Kier molecular flexibility index (Phi) is 6.61. The summed E-state index contributed by atoms with van der Waals surface area (Å²) in [5.74, 6) is -0.491. The van der Waals surface area contributed by atoms with Crippen LogP contribution < -0.4 is 15.0 Å². The van der Waals surface area contributed by atoms with Crippen molar-refractivity contribution in [3.8, 4) is 22.6 Å². The number of pyridine rings is 1. The maximum atomic E-state index is 15.4. The maximum Gasteiger partial charge on any atom is 0.263 e. The van der Waals surface area contributed by atoms with Gasteiger partial charge < -0.3 is 4.74 Å². The van der Waals surface area contributed by atoms with E-state index in [-0.39, 0.29) is 27.7 Å². The van der Waals surface area contributed by atoms with Crippen LogP contribution in [0.1, 0.15) is 11.4 Å². The molecule has 0 amide bonds. The number of aryl methyl sites for hydroxylation is 2. The number of methoxy groups -OCH3 is 1. The Bertz CT molecular complexity index is 1920. The molecule has 1 N–H and O–H groups in total. The fourth-order valence-electron chi connectivity index (χ4n) is 4.21. The van der Waals surface area contributed by atoms with Gasteiger partial charge in [0.25, 0.3) is 15.6 Å². The molecule has 198 valence electrons. The quantitative estimate of drug-likeness (QED) is 0.315. The zero-order valence-electron chi connectivity index (χ0n) is 21.1. The number of hydrogen-bond acceptors (Lipinski definition) is 6. The van der Waals surface area contributed by atoms with Crippen molar-refractivity contribution < 1.29 is 21.9 Å². The molecule has 39 heavy (non-hydrogen) atoms. The van der Waals surface area contributed by atoms with E-state index >= 15 is 4.39 Å². The van der Waals surface area contributed by atoms with Gasteiger partial charge in [0, 0.05) is 29.3 Å². The Hall–Kier alpha value is -4.64. The van der Waals surface area contributed by atoms with Crippen molar-refractivity contribution in [3.05, 3.63) is 106 Å². The molecule has 0 saturated carbocycles. The highest BCUT2D eigenvalue weighted by Crippen LogP contribution is 2.34. The second-order valence-electron chi connectivity index (χ2n) is 8.79. The van der Waals surface area contributed by atoms with Crippen LogP contribution in [-0.2, 0) is 10.0 Å². The molecule has 0 fully saturated rings. The Morgan fingerprint density at radius 1 is 0.923 bits per heavy atom. The third-order valence-electron chi connectivity index (χ3n) is 6.18. The summed E-state index contributed by atoms with van der Waals surface area (Å²) in [5, 5.41) is 0.406. The average molecular weight is 549 g/mol. The molecule has 0 aliphatic rings. The van der Waals surface area contributed by atoms with Crippen molar-refractivity contribution in [2.45, 2.75) is 18.7 Å². The topological polar surface area (TPSA) is 103 Å². The normalized spacial score (nSPS) is 11.5. The average Bonchev–Trinajstić information content (AvgIpc) is 2.89. The molecule has 0 radical (unpaired) electrons. The van der Waals surface area contributed by atoms with E-state index in [9.17, 15) is 17.6 Å². The number of aromatic nitrogens is 3. The lowest BCUT2D eigenvalue weighted by atomic mass is 10.0. The number of hydrogen-bond donors (Lipinski definition) is 1. The van der Waals surface area contributed by atoms with Gasteiger partial charge in [0.1, 0.15) is 29.0 Å². The number of halogens is 2. The molecular weight excluding hydrogens is 526 g/mol. The number of sulfonamides is 1. The fraction of sp³-hybridized carbons (Fsp3) is 0.107. The third kappa shape index (κ3) is 4.96. The van der Waals surface area contributed by atoms with E-state index in [1.165, 1.54) is 66.4 Å². The molecule has 0 aliphatic heterocycles. The van der Waals surface area contributed by atoms with Crippen LogP contribution in [-0.4, -0.2) is 30.1 Å². The predicted octanol–water partition coefficient (Wildman–Crippen LogP) is 5.15. The third-order valence-corrected chi connectivity index (χ3v) is 7.54. The SMILES string of the molecule is COc1cc(-c2ccc(C)c(F)c2)c(F)cc1-n1c(=O)ccc2cc(S(=O)(=O)Nc3ccnc(C)n3)ccc21. The van der Waals surface area contributed by atoms with E-state index < -0.39 is 27.2 Å². The van der Waals surface area contributed by atoms with E-state index in [0.717, 1.165) is 6.07 Å². The highest BCUT2D eigenvalue weighted by Gasteiger charge is 2.20. The molecule has 2 heterocycles. The molecule has 3 aromatic carbocycles. The van der Waals surface area contributed by atoms with E-state index in [1.807, 2.05) is 0 Å². The summed E-state index contributed by atoms with van der Waals surface area (Å²) in [5.41, 5.74) is 0.778. The van der Waals surface area contributed by atoms with Crippen LogP contribution in [0.25, 0.3) is 27.7 Å². The molecule has 5 aromatic rings. The van der Waals surface area contributed by atoms with Gasteiger partial charge in [-0.1, -0.05) is 12.1 Å². The van der Waals surface area contributed by atoms with E-state index in [2.05, 4.69) is 14.7 Å². The number of rotatable bonds is 6. The zero-order chi connectivity index (χ0) is 27.9. The smallest absolute Gasteiger partial charge is 0.263 e. The van der Waals surface area contributed by atoms with Crippen LogP contribution in [0, 0.1) is 25.5 Å². The van der Waals surface area contributed by atoms with Gasteiger partial charge >= 0.3 is 0 Å². The highest BCUT2D eigenvalue weighted by molar-refractivity contribution is 7.92. The van der Waals surface area contributed by atoms with E-state index in [4.69, 9.17) is 4.74 Å². The molecule has 2 aromatic heterocycles. The maximum absolute atomic E-state index is 15.4. The number of anilines is 1. The monoisotopic (exact) mass is 548 g/mol. The number of fused-ring (bicyclic) bond motifs is 1. The molecule has 11 heteroatoms. The van der Waals surface area contributed by atoms with Gasteiger partial charge in [-0.25, -0.2) is 27.2 Å². The molecule has 5 rings (SSSR count). The van der Waals surface area contributed by atoms with Gasteiger partial charge in [0.15, 0.2) is 0 Å². The molecular formula is C28H22F2N4O4S. The van der Waals surface area contributed by atoms with Gasteiger partial charge in [-0.3, -0.25) is 14.1 Å². The van der Waals surface area contributed by atoms with E-state index in [0.29, 0.717) is 27.9 Å². The van der Waals surface area contributed by atoms with Crippen molar-refractivity contribution in [3.63, 3.8) is 0 Å². The van der Waals surface area contributed by atoms with Crippen molar-refractivity contribution >= 4 is 26.7 Å². The van der Waals surface area contributed by atoms with Crippen LogP contribution in [0.2, 0.25) is 0 Å². The Morgan fingerprint density at radius 2 is 1.72 bits per heavy atom. The van der Waals surface area contributed by atoms with Gasteiger partial charge in [-0.15, -0.1) is 0 Å². The first-order valence-corrected chi connectivity index (χ1v) is 13.2. The summed E-state index contributed by atoms with van der Waals surface area (Å²) in [4.78, 5) is 20.9. The molecule has 0 unspecified atom stereocenters. The standard InChI is InChI=1S/C28H22F2N4O4S/c1-16-4-5-18(13-22(16)29)21-14-26(38-3)25(15-23(21)30)34-24-8-7-20(12-19(24)6-9-28(34)35)39(36,37)33-27-10-11-31-17(2)32-27/h4-15H,1-3H3,(H,31,32,33). The summed E-state index contributed by atoms with van der Waals surface area (Å²) in [7, 11) is -2.64. The summed E-state index contributed by atoms with van der Waals surface area (Å²) in [6, 6.07) is 15.3. The van der Waals surface area contributed by atoms with Crippen molar-refractivity contribution in [1.29, 1.82) is 0 Å². The Morgan fingerprint density at radius 3 is 2.44 bits per heavy atom. The zero-order valence-corrected chi connectivity index (χ0v) is 21.9. The van der Waals surface area contributed by atoms with E-state index in [1.54, 1.807) is 26.0 Å². The number of ether oxygens (including phenoxy) is 1. The number of nitrogens with zero attached hydrogens (tertiary/aromatic N) is 3. The lowest BCUT2D eigenvalue weighted by molar-refractivity contribution is 0.412. The first kappa shape index (κ1) is 26.0. The van der Waals surface area contributed by atoms with Crippen molar-refractivity contribution in [2.24, 2.45) is 0 Å². The van der Waals surface area contributed by atoms with Gasteiger partial charge in [-0.2, -0.15) is 0 Å². The summed E-state index contributed by atoms with van der Waals surface area (Å²) in [6.07, 6.45) is 1.44. The highest BCUT2D eigenvalue weighted by atomic mass is 32.2. The van der Waals surface area contributed by atoms with Crippen LogP contribution >= 0.6 is 0 Å². The van der Waals surface area contributed by atoms with Gasteiger partial charge in [0.05, 0.1) is 23.2 Å². The second kappa shape index (κ2) is 9.91. The summed E-state index contributed by atoms with van der Waals surface area (Å²) >= 11 is 0. The Balaban J connectivity index is 1.62. The minimum atomic E-state index is -4.01.